The van der Waals surface area contributed by atoms with Crippen LogP contribution in [0.15, 0.2) is 22.7 Å². The van der Waals surface area contributed by atoms with Gasteiger partial charge in [-0.05, 0) is 25.2 Å². The van der Waals surface area contributed by atoms with E-state index in [4.69, 9.17) is 4.74 Å². The zero-order valence-corrected chi connectivity index (χ0v) is 13.1. The summed E-state index contributed by atoms with van der Waals surface area (Å²) in [6.07, 6.45) is 0. The number of methoxy groups -OCH3 is 1. The van der Waals surface area contributed by atoms with Crippen molar-refractivity contribution in [3.63, 3.8) is 0 Å². The lowest BCUT2D eigenvalue weighted by Gasteiger charge is -2.20. The Morgan fingerprint density at radius 3 is 2.82 bits per heavy atom. The second-order valence-electron chi connectivity index (χ2n) is 3.99. The van der Waals surface area contributed by atoms with Crippen molar-refractivity contribution < 1.29 is 9.13 Å². The number of benzene rings is 1. The Morgan fingerprint density at radius 2 is 2.18 bits per heavy atom. The van der Waals surface area contributed by atoms with Crippen LogP contribution in [0.4, 0.5) is 4.39 Å². The Hall–Kier alpha value is 0.0300. The van der Waals surface area contributed by atoms with E-state index >= 15 is 0 Å². The first-order valence-corrected chi connectivity index (χ1v) is 6.99. The molecule has 5 heteroatoms. The van der Waals surface area contributed by atoms with Gasteiger partial charge in [-0.2, -0.15) is 0 Å². The Kier molecular flexibility index (Phi) is 6.62. The van der Waals surface area contributed by atoms with Gasteiger partial charge in [0.05, 0.1) is 11.4 Å². The van der Waals surface area contributed by atoms with E-state index in [2.05, 4.69) is 36.8 Å². The number of hydrogen-bond donors (Lipinski definition) is 0. The lowest BCUT2D eigenvalue weighted by atomic mass is 10.2. The number of hydrogen-bond acceptors (Lipinski definition) is 2. The fourth-order valence-corrected chi connectivity index (χ4v) is 2.76. The molecule has 0 saturated carbocycles. The summed E-state index contributed by atoms with van der Waals surface area (Å²) >= 11 is 6.86. The van der Waals surface area contributed by atoms with E-state index in [1.54, 1.807) is 13.2 Å². The van der Waals surface area contributed by atoms with E-state index in [0.29, 0.717) is 18.7 Å². The average Bonchev–Trinajstić information content (AvgIpc) is 2.23. The zero-order valence-electron chi connectivity index (χ0n) is 9.92. The van der Waals surface area contributed by atoms with Crippen LogP contribution in [0.5, 0.6) is 0 Å². The van der Waals surface area contributed by atoms with Gasteiger partial charge in [0.2, 0.25) is 0 Å². The van der Waals surface area contributed by atoms with Crippen LogP contribution in [0.2, 0.25) is 0 Å². The second-order valence-corrected chi connectivity index (χ2v) is 6.20. The van der Waals surface area contributed by atoms with Crippen molar-refractivity contribution in [2.24, 2.45) is 0 Å². The van der Waals surface area contributed by atoms with E-state index in [9.17, 15) is 4.39 Å². The number of rotatable bonds is 6. The molecular weight excluding hydrogens is 353 g/mol. The first kappa shape index (κ1) is 15.1. The zero-order chi connectivity index (χ0) is 12.8. The van der Waals surface area contributed by atoms with Gasteiger partial charge in [-0.3, -0.25) is 0 Å². The third-order valence-electron chi connectivity index (χ3n) is 2.31. The van der Waals surface area contributed by atoms with Crippen LogP contribution in [-0.4, -0.2) is 37.0 Å². The van der Waals surface area contributed by atoms with Crippen LogP contribution in [0.3, 0.4) is 0 Å². The molecule has 1 unspecified atom stereocenters. The van der Waals surface area contributed by atoms with Crippen molar-refractivity contribution in [2.45, 2.75) is 11.4 Å². The van der Waals surface area contributed by atoms with Crippen LogP contribution >= 0.6 is 31.9 Å². The molecule has 17 heavy (non-hydrogen) atoms. The van der Waals surface area contributed by atoms with E-state index in [1.807, 2.05) is 13.1 Å². The van der Waals surface area contributed by atoms with Crippen molar-refractivity contribution in [2.75, 3.05) is 27.3 Å². The highest BCUT2D eigenvalue weighted by Crippen LogP contribution is 2.17. The number of ether oxygens (including phenoxy) is 1. The number of halogens is 3. The highest BCUT2D eigenvalue weighted by molar-refractivity contribution is 9.10. The maximum absolute atomic E-state index is 13.5. The third kappa shape index (κ3) is 5.46. The predicted octanol–water partition coefficient (Wildman–Crippen LogP) is 3.43. The molecule has 2 nitrogen and oxygen atoms in total. The van der Waals surface area contributed by atoms with Gasteiger partial charge in [0, 0.05) is 30.2 Å². The molecule has 0 fully saturated rings. The van der Waals surface area contributed by atoms with Gasteiger partial charge in [-0.15, -0.1) is 0 Å². The lowest BCUT2D eigenvalue weighted by molar-refractivity contribution is 0.184. The highest BCUT2D eigenvalue weighted by atomic mass is 79.9. The second kappa shape index (κ2) is 7.46. The molecule has 0 aliphatic heterocycles. The molecular formula is C12H16Br2FNO. The maximum Gasteiger partial charge on any atom is 0.127 e. The van der Waals surface area contributed by atoms with Crippen LogP contribution in [0.25, 0.3) is 0 Å². The van der Waals surface area contributed by atoms with Crippen molar-refractivity contribution in [1.82, 2.24) is 4.90 Å². The monoisotopic (exact) mass is 367 g/mol. The SMILES string of the molecule is COCC(Br)CN(C)Cc1cc(Br)ccc1F. The summed E-state index contributed by atoms with van der Waals surface area (Å²) in [6, 6.07) is 5.00. The van der Waals surface area contributed by atoms with Gasteiger partial charge < -0.3 is 9.64 Å². The third-order valence-corrected chi connectivity index (χ3v) is 3.35. The summed E-state index contributed by atoms with van der Waals surface area (Å²) in [5, 5.41) is 0. The first-order chi connectivity index (χ1) is 8.02. The van der Waals surface area contributed by atoms with Gasteiger partial charge in [-0.1, -0.05) is 31.9 Å². The molecule has 0 bridgehead atoms. The van der Waals surface area contributed by atoms with Crippen LogP contribution in [-0.2, 0) is 11.3 Å². The summed E-state index contributed by atoms with van der Waals surface area (Å²) in [6.45, 7) is 2.03. The molecule has 1 atom stereocenters. The Labute approximate surface area is 118 Å². The van der Waals surface area contributed by atoms with E-state index in [-0.39, 0.29) is 10.6 Å². The fraction of sp³-hybridized carbons (Fsp3) is 0.500. The lowest BCUT2D eigenvalue weighted by Crippen LogP contribution is -2.28. The minimum absolute atomic E-state index is 0.169. The number of alkyl halides is 1. The summed E-state index contributed by atoms with van der Waals surface area (Å²) in [7, 11) is 3.63. The number of nitrogens with zero attached hydrogens (tertiary/aromatic N) is 1. The molecule has 0 saturated heterocycles. The first-order valence-electron chi connectivity index (χ1n) is 5.28. The molecule has 0 N–H and O–H groups in total. The Bertz CT molecular complexity index is 362. The Morgan fingerprint density at radius 1 is 1.47 bits per heavy atom. The molecule has 0 spiro atoms. The quantitative estimate of drug-likeness (QED) is 0.713. The molecule has 0 aliphatic rings. The van der Waals surface area contributed by atoms with Crippen molar-refractivity contribution in [3.8, 4) is 0 Å². The molecule has 0 aliphatic carbocycles. The minimum Gasteiger partial charge on any atom is -0.383 e. The van der Waals surface area contributed by atoms with E-state index in [0.717, 1.165) is 11.0 Å². The van der Waals surface area contributed by atoms with Crippen LogP contribution in [0, 0.1) is 5.82 Å². The molecule has 1 aromatic carbocycles. The van der Waals surface area contributed by atoms with Crippen LogP contribution in [0.1, 0.15) is 5.56 Å². The van der Waals surface area contributed by atoms with Gasteiger partial charge in [0.15, 0.2) is 0 Å². The molecule has 1 rings (SSSR count). The topological polar surface area (TPSA) is 12.5 Å². The predicted molar refractivity (Wildman–Crippen MR) is 75.0 cm³/mol. The summed E-state index contributed by atoms with van der Waals surface area (Å²) < 4.78 is 19.5. The normalized spacial score (nSPS) is 13.1. The largest absolute Gasteiger partial charge is 0.383 e. The molecule has 1 aromatic rings. The van der Waals surface area contributed by atoms with Gasteiger partial charge in [0.25, 0.3) is 0 Å². The highest BCUT2D eigenvalue weighted by Gasteiger charge is 2.10. The molecule has 0 aromatic heterocycles. The Balaban J connectivity index is 2.55. The van der Waals surface area contributed by atoms with Crippen LogP contribution < -0.4 is 0 Å². The summed E-state index contributed by atoms with van der Waals surface area (Å²) in [5.74, 6) is -0.169. The van der Waals surface area contributed by atoms with Crippen molar-refractivity contribution in [1.29, 1.82) is 0 Å². The average molecular weight is 369 g/mol. The fourth-order valence-electron chi connectivity index (χ4n) is 1.59. The maximum atomic E-state index is 13.5. The standard InChI is InChI=1S/C12H16Br2FNO/c1-16(7-11(14)8-17-2)6-9-5-10(13)3-4-12(9)15/h3-5,11H,6-8H2,1-2H3. The van der Waals surface area contributed by atoms with Gasteiger partial charge in [0.1, 0.15) is 5.82 Å². The minimum atomic E-state index is -0.169. The van der Waals surface area contributed by atoms with E-state index in [1.165, 1.54) is 6.07 Å². The van der Waals surface area contributed by atoms with Crippen molar-refractivity contribution >= 4 is 31.9 Å². The summed E-state index contributed by atoms with van der Waals surface area (Å²) in [4.78, 5) is 2.32. The molecule has 0 radical (unpaired) electrons. The van der Waals surface area contributed by atoms with Gasteiger partial charge >= 0.3 is 0 Å². The molecule has 0 amide bonds. The molecule has 96 valence electrons. The summed E-state index contributed by atoms with van der Waals surface area (Å²) in [5.41, 5.74) is 0.694. The smallest absolute Gasteiger partial charge is 0.127 e. The van der Waals surface area contributed by atoms with Crippen molar-refractivity contribution in [3.05, 3.63) is 34.1 Å². The molecule has 0 heterocycles. The van der Waals surface area contributed by atoms with Gasteiger partial charge in [-0.25, -0.2) is 4.39 Å². The van der Waals surface area contributed by atoms with E-state index < -0.39 is 0 Å².